The van der Waals surface area contributed by atoms with Gasteiger partial charge in [0, 0.05) is 10.9 Å². The Morgan fingerprint density at radius 2 is 2.00 bits per heavy atom. The zero-order chi connectivity index (χ0) is 20.9. The van der Waals surface area contributed by atoms with Gasteiger partial charge in [-0.1, -0.05) is 20.8 Å². The Balaban J connectivity index is 1.88. The molecule has 0 aliphatic heterocycles. The van der Waals surface area contributed by atoms with E-state index in [4.69, 9.17) is 8.83 Å². The number of aromatic nitrogens is 3. The molecular formula is C21H22N4O4. The highest BCUT2D eigenvalue weighted by Crippen LogP contribution is 2.38. The summed E-state index contributed by atoms with van der Waals surface area (Å²) in [5.74, 6) is -0.175. The molecule has 29 heavy (non-hydrogen) atoms. The average molecular weight is 394 g/mol. The first-order chi connectivity index (χ1) is 13.7. The first kappa shape index (κ1) is 18.9. The molecule has 3 heterocycles. The maximum absolute atomic E-state index is 12.6. The molecular weight excluding hydrogens is 372 g/mol. The van der Waals surface area contributed by atoms with Gasteiger partial charge in [-0.3, -0.25) is 10.1 Å². The van der Waals surface area contributed by atoms with Gasteiger partial charge in [0.05, 0.1) is 23.6 Å². The smallest absolute Gasteiger partial charge is 0.340 e. The van der Waals surface area contributed by atoms with Crippen LogP contribution < -0.4 is 10.9 Å². The van der Waals surface area contributed by atoms with Crippen LogP contribution >= 0.6 is 0 Å². The SMILES string of the molecule is Cc1cc2oc(=O)c(CC(=O)Nc3ncn[nH]3)c(C)c2c2occ(C(C)(C)C)c12. The molecule has 0 aliphatic rings. The Morgan fingerprint density at radius 1 is 1.24 bits per heavy atom. The third-order valence-electron chi connectivity index (χ3n) is 5.10. The van der Waals surface area contributed by atoms with Gasteiger partial charge in [0.2, 0.25) is 11.9 Å². The summed E-state index contributed by atoms with van der Waals surface area (Å²) in [6, 6.07) is 1.86. The number of anilines is 1. The molecule has 4 rings (SSSR count). The van der Waals surface area contributed by atoms with Crippen LogP contribution in [0.5, 0.6) is 0 Å². The molecule has 8 heteroatoms. The van der Waals surface area contributed by atoms with Crippen LogP contribution in [-0.4, -0.2) is 21.1 Å². The third kappa shape index (κ3) is 3.20. The topological polar surface area (TPSA) is 114 Å². The number of aromatic amines is 1. The second-order valence-electron chi connectivity index (χ2n) is 8.22. The zero-order valence-electron chi connectivity index (χ0n) is 17.0. The largest absolute Gasteiger partial charge is 0.463 e. The number of carbonyl (C=O) groups is 1. The van der Waals surface area contributed by atoms with Gasteiger partial charge in [-0.05, 0) is 36.5 Å². The van der Waals surface area contributed by atoms with E-state index in [0.717, 1.165) is 16.5 Å². The molecule has 0 radical (unpaired) electrons. The monoisotopic (exact) mass is 394 g/mol. The molecule has 0 saturated carbocycles. The van der Waals surface area contributed by atoms with Crippen molar-refractivity contribution in [2.45, 2.75) is 46.5 Å². The van der Waals surface area contributed by atoms with E-state index >= 15 is 0 Å². The number of rotatable bonds is 3. The highest BCUT2D eigenvalue weighted by Gasteiger charge is 2.25. The lowest BCUT2D eigenvalue weighted by Crippen LogP contribution is -2.21. The van der Waals surface area contributed by atoms with Crippen molar-refractivity contribution < 1.29 is 13.6 Å². The lowest BCUT2D eigenvalue weighted by molar-refractivity contribution is -0.115. The van der Waals surface area contributed by atoms with E-state index in [1.165, 1.54) is 6.33 Å². The van der Waals surface area contributed by atoms with Gasteiger partial charge in [-0.15, -0.1) is 0 Å². The van der Waals surface area contributed by atoms with E-state index in [1.54, 1.807) is 6.26 Å². The highest BCUT2D eigenvalue weighted by molar-refractivity contribution is 6.07. The molecule has 1 aromatic carbocycles. The number of nitrogens with one attached hydrogen (secondary N) is 2. The van der Waals surface area contributed by atoms with Crippen LogP contribution in [0.3, 0.4) is 0 Å². The highest BCUT2D eigenvalue weighted by atomic mass is 16.4. The van der Waals surface area contributed by atoms with Gasteiger partial charge < -0.3 is 8.83 Å². The quantitative estimate of drug-likeness (QED) is 0.512. The first-order valence-corrected chi connectivity index (χ1v) is 9.29. The molecule has 1 amide bonds. The Labute approximate surface area is 166 Å². The minimum atomic E-state index is -0.538. The van der Waals surface area contributed by atoms with Crippen molar-refractivity contribution in [3.05, 3.63) is 51.3 Å². The van der Waals surface area contributed by atoms with Crippen LogP contribution in [0.25, 0.3) is 21.9 Å². The van der Waals surface area contributed by atoms with Gasteiger partial charge in [0.25, 0.3) is 0 Å². The fraction of sp³-hybridized carbons (Fsp3) is 0.333. The molecule has 0 aliphatic carbocycles. The lowest BCUT2D eigenvalue weighted by Gasteiger charge is -2.17. The lowest BCUT2D eigenvalue weighted by atomic mass is 9.85. The van der Waals surface area contributed by atoms with E-state index in [2.05, 4.69) is 41.3 Å². The molecule has 150 valence electrons. The summed E-state index contributed by atoms with van der Waals surface area (Å²) >= 11 is 0. The Bertz CT molecular complexity index is 1290. The second-order valence-corrected chi connectivity index (χ2v) is 8.22. The van der Waals surface area contributed by atoms with Crippen LogP contribution in [0.4, 0.5) is 5.95 Å². The van der Waals surface area contributed by atoms with Gasteiger partial charge in [0.15, 0.2) is 0 Å². The minimum Gasteiger partial charge on any atom is -0.463 e. The third-order valence-corrected chi connectivity index (χ3v) is 5.10. The summed E-state index contributed by atoms with van der Waals surface area (Å²) in [6.07, 6.45) is 2.90. The van der Waals surface area contributed by atoms with E-state index in [1.807, 2.05) is 19.9 Å². The number of nitrogens with zero attached hydrogens (tertiary/aromatic N) is 2. The summed E-state index contributed by atoms with van der Waals surface area (Å²) in [5, 5.41) is 10.5. The molecule has 0 spiro atoms. The number of hydrogen-bond acceptors (Lipinski definition) is 6. The van der Waals surface area contributed by atoms with Crippen LogP contribution in [0, 0.1) is 13.8 Å². The number of hydrogen-bond donors (Lipinski definition) is 2. The molecule has 3 aromatic heterocycles. The molecule has 0 bridgehead atoms. The summed E-state index contributed by atoms with van der Waals surface area (Å²) in [7, 11) is 0. The van der Waals surface area contributed by atoms with Crippen LogP contribution in [0.15, 0.2) is 32.3 Å². The molecule has 4 aromatic rings. The zero-order valence-corrected chi connectivity index (χ0v) is 17.0. The van der Waals surface area contributed by atoms with Crippen molar-refractivity contribution in [1.82, 2.24) is 15.2 Å². The molecule has 0 atom stereocenters. The van der Waals surface area contributed by atoms with E-state index in [9.17, 15) is 9.59 Å². The first-order valence-electron chi connectivity index (χ1n) is 9.29. The van der Waals surface area contributed by atoms with Crippen molar-refractivity contribution >= 4 is 33.8 Å². The minimum absolute atomic E-state index is 0.104. The Kier molecular flexibility index (Phi) is 4.29. The Hall–Kier alpha value is -3.42. The summed E-state index contributed by atoms with van der Waals surface area (Å²) in [6.45, 7) is 10.2. The van der Waals surface area contributed by atoms with Crippen LogP contribution in [0.2, 0.25) is 0 Å². The summed E-state index contributed by atoms with van der Waals surface area (Å²) < 4.78 is 11.5. The molecule has 0 saturated heterocycles. The number of amides is 1. The van der Waals surface area contributed by atoms with Gasteiger partial charge in [0.1, 0.15) is 17.5 Å². The van der Waals surface area contributed by atoms with Gasteiger partial charge in [-0.25, -0.2) is 9.89 Å². The van der Waals surface area contributed by atoms with Crippen molar-refractivity contribution in [1.29, 1.82) is 0 Å². The van der Waals surface area contributed by atoms with Gasteiger partial charge in [-0.2, -0.15) is 10.1 Å². The summed E-state index contributed by atoms with van der Waals surface area (Å²) in [5.41, 5.74) is 3.50. The summed E-state index contributed by atoms with van der Waals surface area (Å²) in [4.78, 5) is 28.8. The van der Waals surface area contributed by atoms with E-state index in [0.29, 0.717) is 22.1 Å². The number of H-pyrrole nitrogens is 1. The molecule has 2 N–H and O–H groups in total. The molecule has 8 nitrogen and oxygen atoms in total. The van der Waals surface area contributed by atoms with Crippen molar-refractivity contribution in [2.75, 3.05) is 5.32 Å². The van der Waals surface area contributed by atoms with E-state index in [-0.39, 0.29) is 23.3 Å². The standard InChI is InChI=1S/C21H22N4O4/c1-10-6-14-17(18-16(10)13(8-28-18)21(3,4)5)11(2)12(19(27)29-14)7-15(26)24-20-22-9-23-25-20/h6,8-9H,7H2,1-5H3,(H2,22,23,24,25,26). The fourth-order valence-electron chi connectivity index (χ4n) is 3.65. The number of carbonyl (C=O) groups excluding carboxylic acids is 1. The number of aryl methyl sites for hydroxylation is 2. The van der Waals surface area contributed by atoms with E-state index < -0.39 is 11.5 Å². The number of benzene rings is 1. The maximum Gasteiger partial charge on any atom is 0.340 e. The van der Waals surface area contributed by atoms with Gasteiger partial charge >= 0.3 is 5.63 Å². The molecule has 0 fully saturated rings. The van der Waals surface area contributed by atoms with Crippen molar-refractivity contribution in [3.8, 4) is 0 Å². The van der Waals surface area contributed by atoms with Crippen molar-refractivity contribution in [3.63, 3.8) is 0 Å². The fourth-order valence-corrected chi connectivity index (χ4v) is 3.65. The predicted octanol–water partition coefficient (Wildman–Crippen LogP) is 3.75. The number of furan rings is 1. The Morgan fingerprint density at radius 3 is 2.66 bits per heavy atom. The average Bonchev–Trinajstić information content (AvgIpc) is 3.27. The van der Waals surface area contributed by atoms with Crippen molar-refractivity contribution in [2.24, 2.45) is 0 Å². The number of fused-ring (bicyclic) bond motifs is 3. The maximum atomic E-state index is 12.6. The normalized spacial score (nSPS) is 12.0. The molecule has 0 unspecified atom stereocenters. The van der Waals surface area contributed by atoms with Crippen LogP contribution in [-0.2, 0) is 16.6 Å². The second kappa shape index (κ2) is 6.58. The van der Waals surface area contributed by atoms with Crippen LogP contribution in [0.1, 0.15) is 43.0 Å². The predicted molar refractivity (Wildman–Crippen MR) is 109 cm³/mol.